The molecule has 0 fully saturated rings. The number of carbonyl (C=O) groups is 1. The third-order valence-corrected chi connectivity index (χ3v) is 12.1. The number of likely N-dealkylation sites (N-methyl/N-ethyl adjacent to an activating group) is 1. The minimum absolute atomic E-state index is 0.0000393. The fraction of sp³-hybridized carbons (Fsp3) is 0.945. The van der Waals surface area contributed by atoms with Crippen molar-refractivity contribution in [2.75, 3.05) is 166 Å². The second kappa shape index (κ2) is 53.1. The molecule has 0 aromatic carbocycles. The van der Waals surface area contributed by atoms with Gasteiger partial charge in [-0.05, 0) is 39.0 Å². The Bertz CT molecular complexity index is 1360. The maximum Gasteiger partial charge on any atom is 0.305 e. The molecule has 0 spiro atoms. The summed E-state index contributed by atoms with van der Waals surface area (Å²) in [6.07, 6.45) is 8.06. The van der Waals surface area contributed by atoms with E-state index in [-0.39, 0.29) is 125 Å². The molecule has 0 aliphatic rings. The van der Waals surface area contributed by atoms with Crippen LogP contribution in [0.25, 0.3) is 0 Å². The summed E-state index contributed by atoms with van der Waals surface area (Å²) in [6, 6.07) is 0. The Morgan fingerprint density at radius 2 is 0.722 bits per heavy atom. The number of nitrogens with zero attached hydrogens (tertiary/aromatic N) is 1. The molecule has 0 aliphatic heterocycles. The lowest BCUT2D eigenvalue weighted by atomic mass is 10.1. The van der Waals surface area contributed by atoms with Crippen LogP contribution in [-0.4, -0.2) is 300 Å². The number of rotatable bonds is 60. The number of hydrogen-bond acceptors (Lipinski definition) is 23. The molecule has 0 bridgehead atoms. The van der Waals surface area contributed by atoms with Gasteiger partial charge in [0.25, 0.3) is 0 Å². The highest BCUT2D eigenvalue weighted by atomic mass is 16.6. The predicted octanol–water partition coefficient (Wildman–Crippen LogP) is -0.201. The Kier molecular flexibility index (Phi) is 52.0. The first-order chi connectivity index (χ1) is 38.0. The Morgan fingerprint density at radius 3 is 1.14 bits per heavy atom. The summed E-state index contributed by atoms with van der Waals surface area (Å²) in [7, 11) is 3.97. The first-order valence-electron chi connectivity index (χ1n) is 28.8. The van der Waals surface area contributed by atoms with Crippen LogP contribution in [0, 0.1) is 0 Å². The van der Waals surface area contributed by atoms with Gasteiger partial charge in [0.15, 0.2) is 0 Å². The van der Waals surface area contributed by atoms with Crippen molar-refractivity contribution in [3.63, 3.8) is 0 Å². The van der Waals surface area contributed by atoms with E-state index in [0.717, 1.165) is 45.1 Å². The van der Waals surface area contributed by atoms with Crippen LogP contribution in [0.2, 0.25) is 0 Å². The van der Waals surface area contributed by atoms with Crippen molar-refractivity contribution in [3.8, 4) is 0 Å². The van der Waals surface area contributed by atoms with Gasteiger partial charge in [0.05, 0.1) is 153 Å². The topological polar surface area (TPSA) is 341 Å². The van der Waals surface area contributed by atoms with E-state index >= 15 is 0 Å². The summed E-state index contributed by atoms with van der Waals surface area (Å²) < 4.78 is 63.1. The molecule has 472 valence electrons. The Morgan fingerprint density at radius 1 is 0.392 bits per heavy atom. The Balaban J connectivity index is 5.81. The molecule has 0 aromatic rings. The molecule has 11 unspecified atom stereocenters. The molecule has 79 heavy (non-hydrogen) atoms. The quantitative estimate of drug-likeness (QED) is 0.0163. The van der Waals surface area contributed by atoms with Crippen LogP contribution in [0.15, 0.2) is 12.2 Å². The molecule has 24 heteroatoms. The third-order valence-electron chi connectivity index (χ3n) is 12.1. The van der Waals surface area contributed by atoms with Crippen LogP contribution in [0.3, 0.4) is 0 Å². The van der Waals surface area contributed by atoms with Gasteiger partial charge < -0.3 is 113 Å². The van der Waals surface area contributed by atoms with Gasteiger partial charge >= 0.3 is 5.97 Å². The van der Waals surface area contributed by atoms with Crippen molar-refractivity contribution in [1.82, 2.24) is 0 Å². The van der Waals surface area contributed by atoms with E-state index in [1.807, 2.05) is 21.0 Å². The van der Waals surface area contributed by atoms with E-state index in [2.05, 4.69) is 19.1 Å². The lowest BCUT2D eigenvalue weighted by molar-refractivity contribution is -0.891. The average Bonchev–Trinajstić information content (AvgIpc) is 3.41. The maximum absolute atomic E-state index is 13.0. The molecule has 0 aromatic heterocycles. The zero-order valence-electron chi connectivity index (χ0n) is 48.4. The van der Waals surface area contributed by atoms with Crippen LogP contribution >= 0.6 is 0 Å². The summed E-state index contributed by atoms with van der Waals surface area (Å²) in [5, 5.41) is 109. The number of ether oxygens (including phenoxy) is 11. The average molecular weight is 1150 g/mol. The van der Waals surface area contributed by atoms with E-state index in [0.29, 0.717) is 17.4 Å². The van der Waals surface area contributed by atoms with Crippen LogP contribution < -0.4 is 0 Å². The number of unbranched alkanes of at least 4 members (excludes halogenated alkanes) is 11. The molecule has 11 N–H and O–H groups in total. The summed E-state index contributed by atoms with van der Waals surface area (Å²) in [6.45, 7) is 0.635. The van der Waals surface area contributed by atoms with Crippen LogP contribution in [0.4, 0.5) is 0 Å². The lowest BCUT2D eigenvalue weighted by Gasteiger charge is -2.30. The maximum atomic E-state index is 13.0. The number of quaternary nitrogens is 1. The van der Waals surface area contributed by atoms with Crippen molar-refractivity contribution in [1.29, 1.82) is 0 Å². The van der Waals surface area contributed by atoms with Crippen molar-refractivity contribution in [3.05, 3.63) is 12.2 Å². The van der Waals surface area contributed by atoms with Gasteiger partial charge in [-0.1, -0.05) is 70.4 Å². The van der Waals surface area contributed by atoms with E-state index in [1.165, 1.54) is 38.5 Å². The molecule has 0 saturated heterocycles. The van der Waals surface area contributed by atoms with Crippen LogP contribution in [0.1, 0.15) is 104 Å². The molecule has 11 atom stereocenters. The molecule has 0 heterocycles. The highest BCUT2D eigenvalue weighted by Crippen LogP contribution is 2.13. The molecule has 0 rings (SSSR count). The molecule has 0 radical (unpaired) electrons. The third kappa shape index (κ3) is 50.6. The van der Waals surface area contributed by atoms with E-state index in [4.69, 9.17) is 62.3 Å². The number of hydrogen-bond donors (Lipinski definition) is 11. The molecule has 0 amide bonds. The zero-order valence-corrected chi connectivity index (χ0v) is 48.4. The summed E-state index contributed by atoms with van der Waals surface area (Å²) >= 11 is 0. The Hall–Kier alpha value is -1.67. The molecular weight excluding hydrogens is 1040 g/mol. The highest BCUT2D eigenvalue weighted by Gasteiger charge is 2.24. The number of aliphatic hydroxyl groups excluding tert-OH is 11. The van der Waals surface area contributed by atoms with E-state index in [1.54, 1.807) is 0 Å². The van der Waals surface area contributed by atoms with Gasteiger partial charge in [-0.25, -0.2) is 0 Å². The van der Waals surface area contributed by atoms with Gasteiger partial charge in [-0.15, -0.1) is 0 Å². The number of aliphatic hydroxyl groups is 11. The first-order valence-corrected chi connectivity index (χ1v) is 28.8. The first kappa shape index (κ1) is 77.3. The minimum atomic E-state index is -1.18. The molecular formula is C55H110NO23+. The van der Waals surface area contributed by atoms with E-state index in [9.17, 15) is 50.8 Å². The number of esters is 1. The summed E-state index contributed by atoms with van der Waals surface area (Å²) in [5.74, 6) is -0.434. The van der Waals surface area contributed by atoms with Crippen molar-refractivity contribution < 1.29 is 118 Å². The SMILES string of the molecule is CCCCCCCC/C=C\CCCCCCCC(=O)OCC(COCC(O)CO)OC(COCC(O)COCC(O)COCC(O)CO)COCC(COCC(O)COCC(O)CO)OCC(O)COCC(O)C[N+](C)(C)CC. The summed E-state index contributed by atoms with van der Waals surface area (Å²) in [4.78, 5) is 13.0. The smallest absolute Gasteiger partial charge is 0.305 e. The lowest BCUT2D eigenvalue weighted by Crippen LogP contribution is -2.46. The van der Waals surface area contributed by atoms with Gasteiger partial charge in [-0.3, -0.25) is 4.79 Å². The zero-order chi connectivity index (χ0) is 58.8. The monoisotopic (exact) mass is 1150 g/mol. The second-order valence-electron chi connectivity index (χ2n) is 20.9. The number of carbonyl (C=O) groups excluding carboxylic acids is 1. The minimum Gasteiger partial charge on any atom is -0.463 e. The van der Waals surface area contributed by atoms with Crippen LogP contribution in [0.5, 0.6) is 0 Å². The largest absolute Gasteiger partial charge is 0.463 e. The van der Waals surface area contributed by atoms with Crippen LogP contribution in [-0.2, 0) is 56.9 Å². The fourth-order valence-corrected chi connectivity index (χ4v) is 7.32. The van der Waals surface area contributed by atoms with Gasteiger partial charge in [-0.2, -0.15) is 0 Å². The standard InChI is InChI=1S/C55H110NO23/c1-5-7-8-9-10-11-12-13-14-15-16-17-18-19-20-21-55(68)78-43-54(42-73-29-47(63)25-59)79-53(40-75-35-50(66)33-72-32-48(64)30-70-27-45(61)23-57)41-76-39-52(38-74-34-49(65)31-71-28-46(62)24-58)77-37-51(67)36-69-26-44(60)22-56(3,4)6-2/h13-14,44-54,57-67H,5-12,15-43H2,1-4H3/q+1/b14-13-. The van der Waals surface area contributed by atoms with Gasteiger partial charge in [0, 0.05) is 6.42 Å². The predicted molar refractivity (Wildman–Crippen MR) is 292 cm³/mol. The second-order valence-corrected chi connectivity index (χ2v) is 20.9. The molecule has 24 nitrogen and oxygen atoms in total. The normalized spacial score (nSPS) is 16.6. The number of allylic oxidation sites excluding steroid dienone is 2. The summed E-state index contributed by atoms with van der Waals surface area (Å²) in [5.41, 5.74) is 0. The van der Waals surface area contributed by atoms with E-state index < -0.39 is 92.9 Å². The van der Waals surface area contributed by atoms with Crippen molar-refractivity contribution in [2.24, 2.45) is 0 Å². The van der Waals surface area contributed by atoms with Crippen molar-refractivity contribution in [2.45, 2.75) is 171 Å². The molecule has 0 saturated carbocycles. The fourth-order valence-electron chi connectivity index (χ4n) is 7.32. The Labute approximate surface area is 471 Å². The highest BCUT2D eigenvalue weighted by molar-refractivity contribution is 5.69. The van der Waals surface area contributed by atoms with Gasteiger partial charge in [0.1, 0.15) is 80.3 Å². The van der Waals surface area contributed by atoms with Crippen molar-refractivity contribution >= 4 is 5.97 Å². The van der Waals surface area contributed by atoms with Gasteiger partial charge in [0.2, 0.25) is 0 Å². The molecule has 0 aliphatic carbocycles.